The number of aryl methyl sites for hydroxylation is 1. The highest BCUT2D eigenvalue weighted by atomic mass is 19.1. The molecule has 2 aromatic heterocycles. The first kappa shape index (κ1) is 21.8. The Labute approximate surface area is 196 Å². The number of amides is 1. The van der Waals surface area contributed by atoms with E-state index in [2.05, 4.69) is 20.4 Å². The molecule has 1 fully saturated rings. The molecule has 1 aliphatic heterocycles. The van der Waals surface area contributed by atoms with Crippen LogP contribution in [0.3, 0.4) is 0 Å². The molecule has 1 unspecified atom stereocenters. The Hall–Kier alpha value is -3.98. The lowest BCUT2D eigenvalue weighted by molar-refractivity contribution is -0.00185. The molecule has 8 nitrogen and oxygen atoms in total. The van der Waals surface area contributed by atoms with E-state index in [9.17, 15) is 9.18 Å². The van der Waals surface area contributed by atoms with Crippen LogP contribution >= 0.6 is 0 Å². The summed E-state index contributed by atoms with van der Waals surface area (Å²) in [4.78, 5) is 16.9. The summed E-state index contributed by atoms with van der Waals surface area (Å²) in [5.41, 5.74) is 4.01. The first-order chi connectivity index (χ1) is 16.6. The Morgan fingerprint density at radius 1 is 1.12 bits per heavy atom. The fourth-order valence-electron chi connectivity index (χ4n) is 4.17. The molecule has 1 atom stereocenters. The largest absolute Gasteiger partial charge is 0.377 e. The van der Waals surface area contributed by atoms with Gasteiger partial charge in [-0.15, -0.1) is 0 Å². The van der Waals surface area contributed by atoms with Crippen molar-refractivity contribution in [2.45, 2.75) is 19.4 Å². The normalized spacial score (nSPS) is 15.9. The Morgan fingerprint density at radius 2 is 1.97 bits per heavy atom. The maximum Gasteiger partial charge on any atom is 0.256 e. The number of morpholine rings is 1. The molecular weight excluding hydrogens is 435 g/mol. The maximum atomic E-state index is 14.8. The van der Waals surface area contributed by atoms with Gasteiger partial charge in [-0.2, -0.15) is 25.2 Å². The zero-order valence-corrected chi connectivity index (χ0v) is 18.6. The lowest BCUT2D eigenvalue weighted by Crippen LogP contribution is -2.50. The molecule has 0 saturated carbocycles. The van der Waals surface area contributed by atoms with Crippen LogP contribution in [0.15, 0.2) is 67.1 Å². The average Bonchev–Trinajstić information content (AvgIpc) is 3.41. The third kappa shape index (κ3) is 4.42. The molecule has 1 amide bonds. The number of benzene rings is 2. The smallest absolute Gasteiger partial charge is 0.256 e. The second-order valence-electron chi connectivity index (χ2n) is 8.19. The topological polar surface area (TPSA) is 86.0 Å². The van der Waals surface area contributed by atoms with Crippen LogP contribution in [0.1, 0.15) is 21.5 Å². The van der Waals surface area contributed by atoms with E-state index in [0.29, 0.717) is 48.7 Å². The summed E-state index contributed by atoms with van der Waals surface area (Å²) in [6.07, 6.45) is 5.05. The molecule has 4 aromatic rings. The number of hydrogen-bond donors (Lipinski definition) is 0. The number of carbonyl (C=O) groups is 1. The minimum absolute atomic E-state index is 0.161. The van der Waals surface area contributed by atoms with E-state index in [1.165, 1.54) is 10.9 Å². The van der Waals surface area contributed by atoms with Crippen molar-refractivity contribution in [3.8, 4) is 16.9 Å². The number of carbonyl (C=O) groups excluding carboxylic acids is 1. The highest BCUT2D eigenvalue weighted by Gasteiger charge is 2.31. The summed E-state index contributed by atoms with van der Waals surface area (Å²) in [6, 6.07) is 13.7. The van der Waals surface area contributed by atoms with Crippen LogP contribution in [-0.4, -0.2) is 61.8 Å². The third-order valence-electron chi connectivity index (χ3n) is 5.88. The maximum absolute atomic E-state index is 14.8. The van der Waals surface area contributed by atoms with Crippen LogP contribution in [0.2, 0.25) is 0 Å². The van der Waals surface area contributed by atoms with E-state index in [-0.39, 0.29) is 17.8 Å². The lowest BCUT2D eigenvalue weighted by Gasteiger charge is -2.36. The van der Waals surface area contributed by atoms with Gasteiger partial charge < -0.3 is 9.64 Å². The van der Waals surface area contributed by atoms with Crippen LogP contribution in [0, 0.1) is 12.7 Å². The number of ether oxygens (including phenoxy) is 1. The van der Waals surface area contributed by atoms with E-state index >= 15 is 0 Å². The Morgan fingerprint density at radius 3 is 2.76 bits per heavy atom. The van der Waals surface area contributed by atoms with E-state index in [1.807, 2.05) is 25.1 Å². The number of aromatic nitrogens is 5. The van der Waals surface area contributed by atoms with E-state index in [4.69, 9.17) is 4.74 Å². The molecular formula is C25H23FN6O2. The Bertz CT molecular complexity index is 1300. The molecule has 0 spiro atoms. The molecule has 0 bridgehead atoms. The fourth-order valence-corrected chi connectivity index (χ4v) is 4.17. The molecule has 3 heterocycles. The van der Waals surface area contributed by atoms with Crippen molar-refractivity contribution in [1.29, 1.82) is 0 Å². The number of halogens is 1. The van der Waals surface area contributed by atoms with Crippen molar-refractivity contribution in [1.82, 2.24) is 30.1 Å². The SMILES string of the molecule is Cc1ccc(C(=O)N2CCOCC2Cc2cc(-c3cccnn3)ccc2F)c(-n2nccn2)c1. The van der Waals surface area contributed by atoms with Crippen molar-refractivity contribution in [3.05, 3.63) is 89.6 Å². The van der Waals surface area contributed by atoms with Gasteiger partial charge in [0.1, 0.15) is 5.82 Å². The molecule has 9 heteroatoms. The number of hydrogen-bond acceptors (Lipinski definition) is 6. The van der Waals surface area contributed by atoms with Crippen molar-refractivity contribution in [2.24, 2.45) is 0 Å². The quantitative estimate of drug-likeness (QED) is 0.456. The first-order valence-corrected chi connectivity index (χ1v) is 11.0. The van der Waals surface area contributed by atoms with E-state index in [0.717, 1.165) is 11.1 Å². The standard InChI is InChI=1S/C25H23FN6O2/c1-17-4-6-21(24(13-17)32-28-9-10-29-32)25(33)31-11-12-34-16-20(31)15-19-14-18(5-7-22(19)26)23-3-2-8-27-30-23/h2-10,13-14,20H,11-12,15-16H2,1H3. The molecule has 2 aromatic carbocycles. The van der Waals surface area contributed by atoms with E-state index < -0.39 is 0 Å². The first-order valence-electron chi connectivity index (χ1n) is 11.0. The number of nitrogens with zero attached hydrogens (tertiary/aromatic N) is 6. The van der Waals surface area contributed by atoms with Crippen LogP contribution in [-0.2, 0) is 11.2 Å². The highest BCUT2D eigenvalue weighted by Crippen LogP contribution is 2.25. The lowest BCUT2D eigenvalue weighted by atomic mass is 9.99. The molecule has 1 aliphatic rings. The third-order valence-corrected chi connectivity index (χ3v) is 5.88. The zero-order valence-electron chi connectivity index (χ0n) is 18.6. The monoisotopic (exact) mass is 458 g/mol. The van der Waals surface area contributed by atoms with Gasteiger partial charge >= 0.3 is 0 Å². The molecule has 172 valence electrons. The second-order valence-corrected chi connectivity index (χ2v) is 8.19. The minimum Gasteiger partial charge on any atom is -0.377 e. The number of rotatable bonds is 5. The second kappa shape index (κ2) is 9.48. The zero-order chi connectivity index (χ0) is 23.5. The highest BCUT2D eigenvalue weighted by molar-refractivity contribution is 5.98. The summed E-state index contributed by atoms with van der Waals surface area (Å²) >= 11 is 0. The molecule has 34 heavy (non-hydrogen) atoms. The van der Waals surface area contributed by atoms with Crippen LogP contribution in [0.25, 0.3) is 16.9 Å². The Kier molecular flexibility index (Phi) is 6.09. The van der Waals surface area contributed by atoms with Gasteiger partial charge in [-0.1, -0.05) is 6.07 Å². The average molecular weight is 458 g/mol. The summed E-state index contributed by atoms with van der Waals surface area (Å²) in [7, 11) is 0. The van der Waals surface area contributed by atoms with Crippen LogP contribution in [0.5, 0.6) is 0 Å². The summed E-state index contributed by atoms with van der Waals surface area (Å²) < 4.78 is 20.5. The van der Waals surface area contributed by atoms with Gasteiger partial charge in [-0.05, 0) is 66.9 Å². The Balaban J connectivity index is 1.45. The van der Waals surface area contributed by atoms with Crippen LogP contribution in [0.4, 0.5) is 4.39 Å². The molecule has 5 rings (SSSR count). The van der Waals surface area contributed by atoms with Gasteiger partial charge in [-0.25, -0.2) is 4.39 Å². The van der Waals surface area contributed by atoms with Gasteiger partial charge in [0.15, 0.2) is 0 Å². The summed E-state index contributed by atoms with van der Waals surface area (Å²) in [6.45, 7) is 3.11. The van der Waals surface area contributed by atoms with Crippen molar-refractivity contribution >= 4 is 5.91 Å². The van der Waals surface area contributed by atoms with Gasteiger partial charge in [0.2, 0.25) is 0 Å². The van der Waals surface area contributed by atoms with Gasteiger partial charge in [-0.3, -0.25) is 4.79 Å². The van der Waals surface area contributed by atoms with E-state index in [1.54, 1.807) is 47.8 Å². The van der Waals surface area contributed by atoms with Gasteiger partial charge in [0, 0.05) is 18.3 Å². The van der Waals surface area contributed by atoms with Crippen LogP contribution < -0.4 is 0 Å². The molecule has 1 saturated heterocycles. The summed E-state index contributed by atoms with van der Waals surface area (Å²) in [5, 5.41) is 16.4. The molecule has 0 radical (unpaired) electrons. The molecule has 0 N–H and O–H groups in total. The van der Waals surface area contributed by atoms with Crippen molar-refractivity contribution in [3.63, 3.8) is 0 Å². The van der Waals surface area contributed by atoms with Gasteiger partial charge in [0.25, 0.3) is 5.91 Å². The van der Waals surface area contributed by atoms with Crippen molar-refractivity contribution < 1.29 is 13.9 Å². The van der Waals surface area contributed by atoms with Gasteiger partial charge in [0.05, 0.1) is 48.6 Å². The molecule has 0 aliphatic carbocycles. The van der Waals surface area contributed by atoms with Crippen molar-refractivity contribution in [2.75, 3.05) is 19.8 Å². The fraction of sp³-hybridized carbons (Fsp3) is 0.240. The summed E-state index contributed by atoms with van der Waals surface area (Å²) in [5.74, 6) is -0.492. The minimum atomic E-state index is -0.331. The predicted molar refractivity (Wildman–Crippen MR) is 123 cm³/mol. The predicted octanol–water partition coefficient (Wildman–Crippen LogP) is 3.26.